The number of hydrogen-bond donors (Lipinski definition) is 8. The zero-order chi connectivity index (χ0) is 24.5. The van der Waals surface area contributed by atoms with Crippen LogP contribution in [0.25, 0.3) is 6.08 Å². The molecule has 0 amide bonds. The second-order valence-corrected chi connectivity index (χ2v) is 7.23. The average Bonchev–Trinajstić information content (AvgIpc) is 2.73. The molecule has 0 saturated carbocycles. The molecule has 33 heavy (non-hydrogen) atoms. The Morgan fingerprint density at radius 3 is 2.15 bits per heavy atom. The van der Waals surface area contributed by atoms with E-state index in [1.807, 2.05) is 0 Å². The molecule has 176 valence electrons. The fourth-order valence-corrected chi connectivity index (χ4v) is 3.20. The second-order valence-electron chi connectivity index (χ2n) is 7.23. The third-order valence-corrected chi connectivity index (χ3v) is 4.92. The predicted molar refractivity (Wildman–Crippen MR) is 107 cm³/mol. The lowest BCUT2D eigenvalue weighted by Crippen LogP contribution is -2.71. The molecule has 1 aliphatic heterocycles. The van der Waals surface area contributed by atoms with Crippen LogP contribution in [-0.4, -0.2) is 82.8 Å². The van der Waals surface area contributed by atoms with Crippen LogP contribution in [0.3, 0.4) is 0 Å². The summed E-state index contributed by atoms with van der Waals surface area (Å²) in [6.07, 6.45) is -7.17. The SMILES string of the molecule is O=C(O)C1OC(Oc2cc(O)cc(O)c2)C(O)C(O)(C(=O)C=Cc2ccc(O)c(O)c2)C1O. The van der Waals surface area contributed by atoms with E-state index in [0.29, 0.717) is 0 Å². The van der Waals surface area contributed by atoms with Crippen molar-refractivity contribution < 1.29 is 59.9 Å². The molecule has 5 atom stereocenters. The Bertz CT molecular complexity index is 1080. The first-order chi connectivity index (χ1) is 15.4. The maximum absolute atomic E-state index is 12.8. The standard InChI is InChI=1S/C21H20O12/c22-10-6-11(23)8-12(7-10)32-20-18(28)21(31,17(27)16(33-20)19(29)30)15(26)4-2-9-1-3-13(24)14(25)5-9/h1-8,16-18,20,22-25,27-28,31H,(H,29,30). The van der Waals surface area contributed by atoms with E-state index in [-0.39, 0.29) is 11.3 Å². The molecule has 1 fully saturated rings. The fraction of sp³-hybridized carbons (Fsp3) is 0.238. The highest BCUT2D eigenvalue weighted by molar-refractivity contribution is 6.01. The minimum Gasteiger partial charge on any atom is -0.508 e. The summed E-state index contributed by atoms with van der Waals surface area (Å²) in [5, 5.41) is 79.2. The number of carbonyl (C=O) groups is 2. The molecule has 2 aromatic rings. The van der Waals surface area contributed by atoms with E-state index in [0.717, 1.165) is 42.5 Å². The topological polar surface area (TPSA) is 214 Å². The smallest absolute Gasteiger partial charge is 0.335 e. The van der Waals surface area contributed by atoms with Crippen molar-refractivity contribution in [2.45, 2.75) is 30.2 Å². The summed E-state index contributed by atoms with van der Waals surface area (Å²) in [5.41, 5.74) is -2.92. The summed E-state index contributed by atoms with van der Waals surface area (Å²) in [4.78, 5) is 24.3. The summed E-state index contributed by atoms with van der Waals surface area (Å²) < 4.78 is 10.2. The van der Waals surface area contributed by atoms with Crippen LogP contribution in [0.4, 0.5) is 0 Å². The van der Waals surface area contributed by atoms with Gasteiger partial charge in [0.1, 0.15) is 23.4 Å². The van der Waals surface area contributed by atoms with Gasteiger partial charge in [-0.3, -0.25) is 4.79 Å². The molecule has 3 rings (SSSR count). The van der Waals surface area contributed by atoms with E-state index >= 15 is 0 Å². The number of carbonyl (C=O) groups excluding carboxylic acids is 1. The third-order valence-electron chi connectivity index (χ3n) is 4.92. The molecule has 12 heteroatoms. The number of benzene rings is 2. The molecule has 5 unspecified atom stereocenters. The van der Waals surface area contributed by atoms with E-state index in [1.54, 1.807) is 0 Å². The highest BCUT2D eigenvalue weighted by Gasteiger charge is 2.61. The Morgan fingerprint density at radius 2 is 1.58 bits per heavy atom. The molecule has 0 spiro atoms. The summed E-state index contributed by atoms with van der Waals surface area (Å²) in [6.45, 7) is 0. The van der Waals surface area contributed by atoms with Crippen LogP contribution in [0.15, 0.2) is 42.5 Å². The summed E-state index contributed by atoms with van der Waals surface area (Å²) in [5.74, 6) is -5.22. The van der Waals surface area contributed by atoms with E-state index in [1.165, 1.54) is 6.07 Å². The second kappa shape index (κ2) is 8.96. The number of hydrogen-bond acceptors (Lipinski definition) is 11. The highest BCUT2D eigenvalue weighted by atomic mass is 16.7. The molecule has 12 nitrogen and oxygen atoms in total. The van der Waals surface area contributed by atoms with Crippen LogP contribution >= 0.6 is 0 Å². The lowest BCUT2D eigenvalue weighted by atomic mass is 9.80. The molecule has 1 heterocycles. The first kappa shape index (κ1) is 23.8. The zero-order valence-corrected chi connectivity index (χ0v) is 16.6. The molecule has 8 N–H and O–H groups in total. The van der Waals surface area contributed by atoms with Gasteiger partial charge in [0.05, 0.1) is 0 Å². The van der Waals surface area contributed by atoms with E-state index in [9.17, 15) is 50.4 Å². The predicted octanol–water partition coefficient (Wildman–Crippen LogP) is -0.567. The molecular formula is C21H20O12. The number of aliphatic carboxylic acids is 1. The van der Waals surface area contributed by atoms with Crippen molar-refractivity contribution in [1.82, 2.24) is 0 Å². The van der Waals surface area contributed by atoms with Crippen LogP contribution in [0, 0.1) is 0 Å². The number of aliphatic hydroxyl groups is 3. The van der Waals surface area contributed by atoms with Gasteiger partial charge in [0, 0.05) is 18.2 Å². The van der Waals surface area contributed by atoms with Gasteiger partial charge in [-0.15, -0.1) is 0 Å². The van der Waals surface area contributed by atoms with Crippen molar-refractivity contribution >= 4 is 17.8 Å². The van der Waals surface area contributed by atoms with Gasteiger partial charge in [-0.05, 0) is 23.8 Å². The number of ketones is 1. The van der Waals surface area contributed by atoms with Crippen molar-refractivity contribution in [3.8, 4) is 28.7 Å². The van der Waals surface area contributed by atoms with Crippen molar-refractivity contribution in [3.63, 3.8) is 0 Å². The highest BCUT2D eigenvalue weighted by Crippen LogP contribution is 2.35. The van der Waals surface area contributed by atoms with Crippen molar-refractivity contribution in [3.05, 3.63) is 48.0 Å². The number of rotatable bonds is 6. The van der Waals surface area contributed by atoms with Gasteiger partial charge in [-0.1, -0.05) is 12.1 Å². The molecule has 0 bridgehead atoms. The van der Waals surface area contributed by atoms with Crippen LogP contribution in [-0.2, 0) is 14.3 Å². The van der Waals surface area contributed by atoms with Gasteiger partial charge in [0.2, 0.25) is 6.29 Å². The van der Waals surface area contributed by atoms with Gasteiger partial charge in [-0.25, -0.2) is 4.79 Å². The zero-order valence-electron chi connectivity index (χ0n) is 16.6. The van der Waals surface area contributed by atoms with Crippen LogP contribution in [0.2, 0.25) is 0 Å². The van der Waals surface area contributed by atoms with Gasteiger partial charge in [0.25, 0.3) is 0 Å². The molecular weight excluding hydrogens is 444 g/mol. The lowest BCUT2D eigenvalue weighted by Gasteiger charge is -2.45. The Balaban J connectivity index is 1.93. The number of phenols is 4. The summed E-state index contributed by atoms with van der Waals surface area (Å²) in [6, 6.07) is 6.44. The molecule has 1 saturated heterocycles. The first-order valence-electron chi connectivity index (χ1n) is 9.34. The van der Waals surface area contributed by atoms with Crippen molar-refractivity contribution in [2.75, 3.05) is 0 Å². The number of aromatic hydroxyl groups is 4. The molecule has 0 aliphatic carbocycles. The molecule has 2 aromatic carbocycles. The monoisotopic (exact) mass is 464 g/mol. The molecule has 1 aliphatic rings. The van der Waals surface area contributed by atoms with Crippen LogP contribution < -0.4 is 4.74 Å². The molecule has 0 radical (unpaired) electrons. The number of carboxylic acids is 1. The fourth-order valence-electron chi connectivity index (χ4n) is 3.20. The van der Waals surface area contributed by atoms with Gasteiger partial charge >= 0.3 is 5.97 Å². The van der Waals surface area contributed by atoms with Gasteiger partial charge in [0.15, 0.2) is 35.1 Å². The largest absolute Gasteiger partial charge is 0.508 e. The number of ether oxygens (including phenoxy) is 2. The van der Waals surface area contributed by atoms with Crippen LogP contribution in [0.1, 0.15) is 5.56 Å². The third kappa shape index (κ3) is 4.68. The van der Waals surface area contributed by atoms with Gasteiger partial charge < -0.3 is 50.3 Å². The van der Waals surface area contributed by atoms with Crippen molar-refractivity contribution in [2.24, 2.45) is 0 Å². The maximum Gasteiger partial charge on any atom is 0.335 e. The quantitative estimate of drug-likeness (QED) is 0.199. The molecule has 0 aromatic heterocycles. The Labute approximate surface area is 185 Å². The maximum atomic E-state index is 12.8. The minimum atomic E-state index is -3.11. The number of aliphatic hydroxyl groups excluding tert-OH is 2. The Hall–Kier alpha value is -3.84. The first-order valence-corrected chi connectivity index (χ1v) is 9.34. The number of phenolic OH excluding ortho intramolecular Hbond substituents is 4. The minimum absolute atomic E-state index is 0.191. The average molecular weight is 464 g/mol. The number of carboxylic acid groups (broad SMARTS) is 1. The lowest BCUT2D eigenvalue weighted by molar-refractivity contribution is -0.295. The van der Waals surface area contributed by atoms with E-state index in [2.05, 4.69) is 0 Å². The van der Waals surface area contributed by atoms with E-state index < -0.39 is 65.0 Å². The Morgan fingerprint density at radius 1 is 0.939 bits per heavy atom. The Kier molecular flexibility index (Phi) is 6.46. The summed E-state index contributed by atoms with van der Waals surface area (Å²) in [7, 11) is 0. The van der Waals surface area contributed by atoms with Crippen LogP contribution in [0.5, 0.6) is 28.7 Å². The summed E-state index contributed by atoms with van der Waals surface area (Å²) >= 11 is 0. The van der Waals surface area contributed by atoms with E-state index in [4.69, 9.17) is 9.47 Å². The van der Waals surface area contributed by atoms with Crippen molar-refractivity contribution in [1.29, 1.82) is 0 Å². The normalized spacial score (nSPS) is 27.4. The van der Waals surface area contributed by atoms with Gasteiger partial charge in [-0.2, -0.15) is 0 Å².